The predicted octanol–water partition coefficient (Wildman–Crippen LogP) is 0.445. The minimum atomic E-state index is -0.908. The molecule has 0 aromatic heterocycles. The van der Waals surface area contributed by atoms with E-state index in [0.29, 0.717) is 37.3 Å². The Balaban J connectivity index is 1.86. The first-order valence-electron chi connectivity index (χ1n) is 10.3. The van der Waals surface area contributed by atoms with Gasteiger partial charge in [-0.3, -0.25) is 19.7 Å². The summed E-state index contributed by atoms with van der Waals surface area (Å²) >= 11 is 0. The Morgan fingerprint density at radius 1 is 1.00 bits per heavy atom. The summed E-state index contributed by atoms with van der Waals surface area (Å²) in [4.78, 5) is 45.5. The van der Waals surface area contributed by atoms with Gasteiger partial charge in [0.05, 0.1) is 19.1 Å². The highest BCUT2D eigenvalue weighted by Gasteiger charge is 2.14. The molecule has 2 aromatic rings. The first kappa shape index (κ1) is 24.6. The predicted molar refractivity (Wildman–Crippen MR) is 120 cm³/mol. The molecule has 0 saturated heterocycles. The van der Waals surface area contributed by atoms with Crippen molar-refractivity contribution in [3.8, 4) is 5.75 Å². The molecule has 0 fully saturated rings. The molecule has 0 spiro atoms. The fourth-order valence-electron chi connectivity index (χ4n) is 3.07. The van der Waals surface area contributed by atoms with E-state index in [0.717, 1.165) is 10.8 Å². The van der Waals surface area contributed by atoms with Gasteiger partial charge in [0.15, 0.2) is 0 Å². The molecule has 0 aliphatic rings. The zero-order valence-corrected chi connectivity index (χ0v) is 17.8. The first-order chi connectivity index (χ1) is 15.3. The van der Waals surface area contributed by atoms with E-state index in [1.807, 2.05) is 36.4 Å². The highest BCUT2D eigenvalue weighted by atomic mass is 16.5. The van der Waals surface area contributed by atoms with Crippen molar-refractivity contribution in [2.24, 2.45) is 17.2 Å². The smallest absolute Gasteiger partial charge is 0.318 e. The summed E-state index contributed by atoms with van der Waals surface area (Å²) in [5, 5.41) is 6.67. The largest absolute Gasteiger partial charge is 0.493 e. The molecule has 172 valence electrons. The molecule has 0 aliphatic carbocycles. The molecular formula is C22H29N5O5. The zero-order chi connectivity index (χ0) is 23.5. The van der Waals surface area contributed by atoms with Crippen LogP contribution in [0.4, 0.5) is 4.79 Å². The molecule has 8 N–H and O–H groups in total. The van der Waals surface area contributed by atoms with E-state index in [1.165, 1.54) is 0 Å². The van der Waals surface area contributed by atoms with Crippen molar-refractivity contribution >= 4 is 34.5 Å². The Morgan fingerprint density at radius 3 is 2.34 bits per heavy atom. The van der Waals surface area contributed by atoms with Crippen molar-refractivity contribution in [3.05, 3.63) is 42.0 Å². The van der Waals surface area contributed by atoms with Crippen LogP contribution in [-0.2, 0) is 20.8 Å². The third-order valence-electron chi connectivity index (χ3n) is 4.71. The fourth-order valence-corrected chi connectivity index (χ4v) is 3.07. The van der Waals surface area contributed by atoms with Crippen LogP contribution in [0.5, 0.6) is 5.75 Å². The summed E-state index contributed by atoms with van der Waals surface area (Å²) in [5.74, 6) is -0.802. The Labute approximate surface area is 185 Å². The van der Waals surface area contributed by atoms with E-state index in [1.54, 1.807) is 0 Å². The number of unbranched alkanes of at least 4 members (excludes halogenated alkanes) is 1. The van der Waals surface area contributed by atoms with E-state index in [9.17, 15) is 19.2 Å². The standard InChI is InChI=1S/C22H29N5O5/c23-17(7-8-19(24)28)21(30)26-9-3-4-10-32-18-12-15-6-2-1-5-14(15)11-16(18)13-20(29)27-22(25)31/h1-2,5-6,11-12,17H,3-4,7-10,13,23H2,(H2,24,28)(H,26,30)(H3,25,27,29,31)/t17-/m0/s1. The van der Waals surface area contributed by atoms with Crippen molar-refractivity contribution < 1.29 is 23.9 Å². The summed E-state index contributed by atoms with van der Waals surface area (Å²) in [6.45, 7) is 0.782. The summed E-state index contributed by atoms with van der Waals surface area (Å²) < 4.78 is 5.89. The van der Waals surface area contributed by atoms with Gasteiger partial charge in [-0.25, -0.2) is 4.79 Å². The fraction of sp³-hybridized carbons (Fsp3) is 0.364. The van der Waals surface area contributed by atoms with Gasteiger partial charge >= 0.3 is 6.03 Å². The van der Waals surface area contributed by atoms with Crippen molar-refractivity contribution in [2.75, 3.05) is 13.2 Å². The van der Waals surface area contributed by atoms with E-state index in [-0.39, 0.29) is 25.2 Å². The van der Waals surface area contributed by atoms with Crippen molar-refractivity contribution in [1.29, 1.82) is 0 Å². The van der Waals surface area contributed by atoms with Gasteiger partial charge in [0.1, 0.15) is 5.75 Å². The molecule has 0 aliphatic heterocycles. The molecule has 2 aromatic carbocycles. The lowest BCUT2D eigenvalue weighted by atomic mass is 10.0. The van der Waals surface area contributed by atoms with Crippen LogP contribution in [0.25, 0.3) is 10.8 Å². The van der Waals surface area contributed by atoms with Gasteiger partial charge in [0.2, 0.25) is 17.7 Å². The second kappa shape index (κ2) is 12.3. The molecule has 10 nitrogen and oxygen atoms in total. The Morgan fingerprint density at radius 2 is 1.69 bits per heavy atom. The van der Waals surface area contributed by atoms with Crippen LogP contribution in [0.2, 0.25) is 0 Å². The van der Waals surface area contributed by atoms with Gasteiger partial charge in [0, 0.05) is 18.5 Å². The van der Waals surface area contributed by atoms with E-state index in [2.05, 4.69) is 10.6 Å². The second-order valence-corrected chi connectivity index (χ2v) is 7.35. The quantitative estimate of drug-likeness (QED) is 0.297. The highest BCUT2D eigenvalue weighted by Crippen LogP contribution is 2.27. The van der Waals surface area contributed by atoms with Crippen LogP contribution in [0, 0.1) is 0 Å². The van der Waals surface area contributed by atoms with Gasteiger partial charge in [-0.15, -0.1) is 0 Å². The minimum absolute atomic E-state index is 0.0532. The number of amides is 5. The van der Waals surface area contributed by atoms with Gasteiger partial charge in [-0.05, 0) is 42.2 Å². The number of carbonyl (C=O) groups is 4. The molecule has 0 bridgehead atoms. The van der Waals surface area contributed by atoms with Crippen LogP contribution in [0.1, 0.15) is 31.2 Å². The third kappa shape index (κ3) is 8.23. The van der Waals surface area contributed by atoms with E-state index >= 15 is 0 Å². The number of fused-ring (bicyclic) bond motifs is 1. The second-order valence-electron chi connectivity index (χ2n) is 7.35. The van der Waals surface area contributed by atoms with Crippen molar-refractivity contribution in [1.82, 2.24) is 10.6 Å². The molecule has 1 atom stereocenters. The normalized spacial score (nSPS) is 11.5. The number of nitrogens with two attached hydrogens (primary N) is 3. The summed E-state index contributed by atoms with van der Waals surface area (Å²) in [5.41, 5.74) is 16.4. The maximum absolute atomic E-state index is 12.0. The van der Waals surface area contributed by atoms with E-state index < -0.39 is 23.9 Å². The van der Waals surface area contributed by atoms with Crippen molar-refractivity contribution in [3.63, 3.8) is 0 Å². The maximum Gasteiger partial charge on any atom is 0.318 e. The molecule has 2 rings (SSSR count). The average Bonchev–Trinajstić information content (AvgIpc) is 2.73. The molecule has 10 heteroatoms. The van der Waals surface area contributed by atoms with Crippen molar-refractivity contribution in [2.45, 2.75) is 38.1 Å². The van der Waals surface area contributed by atoms with Gasteiger partial charge < -0.3 is 27.3 Å². The summed E-state index contributed by atoms with van der Waals surface area (Å²) in [7, 11) is 0. The summed E-state index contributed by atoms with van der Waals surface area (Å²) in [6.07, 6.45) is 1.52. The van der Waals surface area contributed by atoms with Crippen LogP contribution in [-0.4, -0.2) is 42.9 Å². The molecular weight excluding hydrogens is 414 g/mol. The lowest BCUT2D eigenvalue weighted by molar-refractivity contribution is -0.123. The average molecular weight is 444 g/mol. The number of ether oxygens (including phenoxy) is 1. The Bertz CT molecular complexity index is 978. The number of benzene rings is 2. The van der Waals surface area contributed by atoms with Crippen LogP contribution < -0.4 is 32.6 Å². The van der Waals surface area contributed by atoms with Gasteiger partial charge in [0.25, 0.3) is 0 Å². The maximum atomic E-state index is 12.0. The molecule has 0 saturated carbocycles. The van der Waals surface area contributed by atoms with E-state index in [4.69, 9.17) is 21.9 Å². The number of hydrogen-bond acceptors (Lipinski definition) is 6. The third-order valence-corrected chi connectivity index (χ3v) is 4.71. The number of primary amides is 2. The topological polar surface area (TPSA) is 180 Å². The summed E-state index contributed by atoms with van der Waals surface area (Å²) in [6, 6.07) is 9.67. The van der Waals surface area contributed by atoms with Crippen LogP contribution in [0.3, 0.4) is 0 Å². The molecule has 0 radical (unpaired) electrons. The number of carbonyl (C=O) groups excluding carboxylic acids is 4. The molecule has 5 amide bonds. The van der Waals surface area contributed by atoms with Gasteiger partial charge in [-0.1, -0.05) is 24.3 Å². The first-order valence-corrected chi connectivity index (χ1v) is 10.3. The molecule has 32 heavy (non-hydrogen) atoms. The number of imide groups is 1. The highest BCUT2D eigenvalue weighted by molar-refractivity contribution is 5.95. The minimum Gasteiger partial charge on any atom is -0.493 e. The number of nitrogens with one attached hydrogen (secondary N) is 2. The lowest BCUT2D eigenvalue weighted by Crippen LogP contribution is -2.41. The lowest BCUT2D eigenvalue weighted by Gasteiger charge is -2.14. The SMILES string of the molecule is NC(=O)CC[C@H](N)C(=O)NCCCCOc1cc2ccccc2cc1CC(=O)NC(N)=O. The van der Waals surface area contributed by atoms with Crippen LogP contribution in [0.15, 0.2) is 36.4 Å². The van der Waals surface area contributed by atoms with Crippen LogP contribution >= 0.6 is 0 Å². The molecule has 0 heterocycles. The Hall–Kier alpha value is -3.66. The van der Waals surface area contributed by atoms with Gasteiger partial charge in [-0.2, -0.15) is 0 Å². The number of hydrogen-bond donors (Lipinski definition) is 5. The molecule has 0 unspecified atom stereocenters. The monoisotopic (exact) mass is 443 g/mol. The Kier molecular flexibility index (Phi) is 9.43. The number of urea groups is 1. The zero-order valence-electron chi connectivity index (χ0n) is 17.8. The number of rotatable bonds is 12.